The van der Waals surface area contributed by atoms with Crippen LogP contribution in [0.5, 0.6) is 0 Å². The summed E-state index contributed by atoms with van der Waals surface area (Å²) in [5.41, 5.74) is 2.92. The highest BCUT2D eigenvalue weighted by Crippen LogP contribution is 2.16. The maximum absolute atomic E-state index is 12.6. The van der Waals surface area contributed by atoms with E-state index < -0.39 is 0 Å². The van der Waals surface area contributed by atoms with Crippen LogP contribution in [0, 0.1) is 6.92 Å². The third-order valence-corrected chi connectivity index (χ3v) is 5.40. The normalized spacial score (nSPS) is 15.9. The predicted octanol–water partition coefficient (Wildman–Crippen LogP) is 3.36. The smallest absolute Gasteiger partial charge is 0.241 e. The SMILES string of the molecule is Cc1ccc(CC(=O)N2CCN(C(C)C(=O)Nc3cccc(Cl)c3)CC2)cc1. The Balaban J connectivity index is 1.49. The molecule has 1 aliphatic rings. The Hall–Kier alpha value is -2.37. The number of amides is 2. The Morgan fingerprint density at radius 1 is 1.07 bits per heavy atom. The minimum atomic E-state index is -0.270. The Bertz CT molecular complexity index is 830. The molecule has 148 valence electrons. The number of carbonyl (C=O) groups is 2. The van der Waals surface area contributed by atoms with Gasteiger partial charge >= 0.3 is 0 Å². The molecule has 1 heterocycles. The zero-order chi connectivity index (χ0) is 20.1. The standard InChI is InChI=1S/C22H26ClN3O2/c1-16-6-8-18(9-7-16)14-21(27)26-12-10-25(11-13-26)17(2)22(28)24-20-5-3-4-19(23)15-20/h3-9,15,17H,10-14H2,1-2H3,(H,24,28). The summed E-state index contributed by atoms with van der Waals surface area (Å²) in [7, 11) is 0. The first-order valence-electron chi connectivity index (χ1n) is 9.56. The van der Waals surface area contributed by atoms with E-state index in [0.29, 0.717) is 43.3 Å². The molecular formula is C22H26ClN3O2. The third kappa shape index (κ3) is 5.33. The highest BCUT2D eigenvalue weighted by Gasteiger charge is 2.27. The van der Waals surface area contributed by atoms with E-state index >= 15 is 0 Å². The topological polar surface area (TPSA) is 52.7 Å². The number of nitrogens with one attached hydrogen (secondary N) is 1. The largest absolute Gasteiger partial charge is 0.340 e. The molecule has 0 radical (unpaired) electrons. The number of rotatable bonds is 5. The number of aryl methyl sites for hydroxylation is 1. The fourth-order valence-electron chi connectivity index (χ4n) is 3.33. The summed E-state index contributed by atoms with van der Waals surface area (Å²) in [4.78, 5) is 29.1. The van der Waals surface area contributed by atoms with Crippen molar-refractivity contribution in [3.63, 3.8) is 0 Å². The monoisotopic (exact) mass is 399 g/mol. The summed E-state index contributed by atoms with van der Waals surface area (Å²) in [5, 5.41) is 3.49. The molecule has 0 spiro atoms. The van der Waals surface area contributed by atoms with Crippen molar-refractivity contribution in [3.05, 3.63) is 64.7 Å². The molecule has 6 heteroatoms. The van der Waals surface area contributed by atoms with Gasteiger partial charge in [0.15, 0.2) is 0 Å². The first-order valence-corrected chi connectivity index (χ1v) is 9.94. The third-order valence-electron chi connectivity index (χ3n) is 5.16. The van der Waals surface area contributed by atoms with Gasteiger partial charge in [-0.25, -0.2) is 0 Å². The first kappa shape index (κ1) is 20.4. The molecule has 0 aliphatic carbocycles. The predicted molar refractivity (Wildman–Crippen MR) is 113 cm³/mol. The molecule has 1 fully saturated rings. The van der Waals surface area contributed by atoms with E-state index in [0.717, 1.165) is 5.56 Å². The van der Waals surface area contributed by atoms with Crippen LogP contribution in [0.4, 0.5) is 5.69 Å². The summed E-state index contributed by atoms with van der Waals surface area (Å²) in [6.07, 6.45) is 0.422. The van der Waals surface area contributed by atoms with Gasteiger partial charge in [0.1, 0.15) is 0 Å². The molecule has 0 bridgehead atoms. The lowest BCUT2D eigenvalue weighted by Gasteiger charge is -2.37. The van der Waals surface area contributed by atoms with Crippen molar-refractivity contribution in [2.75, 3.05) is 31.5 Å². The van der Waals surface area contributed by atoms with Crippen molar-refractivity contribution < 1.29 is 9.59 Å². The number of halogens is 1. The van der Waals surface area contributed by atoms with Gasteiger partial charge in [-0.2, -0.15) is 0 Å². The molecule has 1 atom stereocenters. The van der Waals surface area contributed by atoms with Gasteiger partial charge in [-0.05, 0) is 37.6 Å². The summed E-state index contributed by atoms with van der Waals surface area (Å²) < 4.78 is 0. The first-order chi connectivity index (χ1) is 13.4. The molecule has 1 aliphatic heterocycles. The second kappa shape index (κ2) is 9.22. The molecule has 2 aromatic rings. The van der Waals surface area contributed by atoms with Crippen LogP contribution in [-0.2, 0) is 16.0 Å². The summed E-state index contributed by atoms with van der Waals surface area (Å²) in [6.45, 7) is 6.57. The second-order valence-electron chi connectivity index (χ2n) is 7.25. The van der Waals surface area contributed by atoms with Crippen LogP contribution >= 0.6 is 11.6 Å². The lowest BCUT2D eigenvalue weighted by Crippen LogP contribution is -2.54. The fourth-order valence-corrected chi connectivity index (χ4v) is 3.52. The van der Waals surface area contributed by atoms with Crippen LogP contribution in [-0.4, -0.2) is 53.8 Å². The molecule has 1 saturated heterocycles. The lowest BCUT2D eigenvalue weighted by molar-refractivity contribution is -0.133. The molecule has 0 aromatic heterocycles. The lowest BCUT2D eigenvalue weighted by atomic mass is 10.1. The van der Waals surface area contributed by atoms with Crippen LogP contribution in [0.3, 0.4) is 0 Å². The molecule has 2 amide bonds. The number of anilines is 1. The van der Waals surface area contributed by atoms with Crippen molar-refractivity contribution in [1.82, 2.24) is 9.80 Å². The zero-order valence-electron chi connectivity index (χ0n) is 16.3. The fraction of sp³-hybridized carbons (Fsp3) is 0.364. The van der Waals surface area contributed by atoms with Crippen molar-refractivity contribution in [2.24, 2.45) is 0 Å². The summed E-state index contributed by atoms with van der Waals surface area (Å²) in [6, 6.07) is 14.9. The van der Waals surface area contributed by atoms with Crippen LogP contribution < -0.4 is 5.32 Å². The molecule has 0 saturated carbocycles. The van der Waals surface area contributed by atoms with Gasteiger partial charge in [0.2, 0.25) is 11.8 Å². The minimum Gasteiger partial charge on any atom is -0.340 e. The van der Waals surface area contributed by atoms with Crippen LogP contribution in [0.2, 0.25) is 5.02 Å². The van der Waals surface area contributed by atoms with Crippen LogP contribution in [0.25, 0.3) is 0 Å². The van der Waals surface area contributed by atoms with Crippen molar-refractivity contribution in [2.45, 2.75) is 26.3 Å². The average molecular weight is 400 g/mol. The molecule has 2 aromatic carbocycles. The maximum Gasteiger partial charge on any atom is 0.241 e. The Morgan fingerprint density at radius 3 is 2.39 bits per heavy atom. The highest BCUT2D eigenvalue weighted by atomic mass is 35.5. The molecule has 1 unspecified atom stereocenters. The van der Waals surface area contributed by atoms with Gasteiger partial charge in [-0.3, -0.25) is 14.5 Å². The van der Waals surface area contributed by atoms with Gasteiger partial charge < -0.3 is 10.2 Å². The van der Waals surface area contributed by atoms with E-state index in [1.54, 1.807) is 18.2 Å². The summed E-state index contributed by atoms with van der Waals surface area (Å²) >= 11 is 5.97. The average Bonchev–Trinajstić information content (AvgIpc) is 2.69. The van der Waals surface area contributed by atoms with E-state index in [4.69, 9.17) is 11.6 Å². The number of nitrogens with zero attached hydrogens (tertiary/aromatic N) is 2. The highest BCUT2D eigenvalue weighted by molar-refractivity contribution is 6.30. The number of benzene rings is 2. The number of piperazine rings is 1. The minimum absolute atomic E-state index is 0.0679. The Morgan fingerprint density at radius 2 is 1.75 bits per heavy atom. The van der Waals surface area contributed by atoms with E-state index in [1.165, 1.54) is 5.56 Å². The van der Waals surface area contributed by atoms with Crippen LogP contribution in [0.1, 0.15) is 18.1 Å². The van der Waals surface area contributed by atoms with Crippen molar-refractivity contribution >= 4 is 29.1 Å². The quantitative estimate of drug-likeness (QED) is 0.838. The molecule has 3 rings (SSSR count). The summed E-state index contributed by atoms with van der Waals surface area (Å²) in [5.74, 6) is 0.0706. The van der Waals surface area contributed by atoms with Gasteiger partial charge in [0, 0.05) is 36.9 Å². The Labute approximate surface area is 171 Å². The van der Waals surface area contributed by atoms with E-state index in [2.05, 4.69) is 10.2 Å². The van der Waals surface area contributed by atoms with E-state index in [9.17, 15) is 9.59 Å². The van der Waals surface area contributed by atoms with Gasteiger partial charge in [-0.1, -0.05) is 47.5 Å². The second-order valence-corrected chi connectivity index (χ2v) is 7.69. The van der Waals surface area contributed by atoms with Crippen molar-refractivity contribution in [1.29, 1.82) is 0 Å². The van der Waals surface area contributed by atoms with Crippen molar-refractivity contribution in [3.8, 4) is 0 Å². The van der Waals surface area contributed by atoms with Crippen LogP contribution in [0.15, 0.2) is 48.5 Å². The number of hydrogen-bond donors (Lipinski definition) is 1. The Kier molecular flexibility index (Phi) is 6.70. The van der Waals surface area contributed by atoms with Gasteiger partial charge in [-0.15, -0.1) is 0 Å². The molecule has 28 heavy (non-hydrogen) atoms. The van der Waals surface area contributed by atoms with E-state index in [-0.39, 0.29) is 17.9 Å². The zero-order valence-corrected chi connectivity index (χ0v) is 17.1. The maximum atomic E-state index is 12.6. The van der Waals surface area contributed by atoms with Gasteiger partial charge in [0.05, 0.1) is 12.5 Å². The molecule has 1 N–H and O–H groups in total. The van der Waals surface area contributed by atoms with Gasteiger partial charge in [0.25, 0.3) is 0 Å². The molecule has 5 nitrogen and oxygen atoms in total. The van der Waals surface area contributed by atoms with E-state index in [1.807, 2.05) is 49.1 Å². The number of hydrogen-bond acceptors (Lipinski definition) is 3. The number of carbonyl (C=O) groups excluding carboxylic acids is 2. The molecular weight excluding hydrogens is 374 g/mol.